The topological polar surface area (TPSA) is 111 Å². The Hall–Kier alpha value is -2.42. The highest BCUT2D eigenvalue weighted by molar-refractivity contribution is 5.79. The third-order valence-electron chi connectivity index (χ3n) is 3.61. The molecule has 0 aliphatic carbocycles. The minimum atomic E-state index is -0.502. The van der Waals surface area contributed by atoms with Gasteiger partial charge < -0.3 is 15.0 Å². The van der Waals surface area contributed by atoms with Gasteiger partial charge in [-0.1, -0.05) is 6.92 Å². The molecule has 0 aliphatic heterocycles. The van der Waals surface area contributed by atoms with E-state index in [-0.39, 0.29) is 36.3 Å². The van der Waals surface area contributed by atoms with Crippen LogP contribution in [-0.2, 0) is 25.4 Å². The number of aryl methyl sites for hydroxylation is 1. The predicted octanol–water partition coefficient (Wildman–Crippen LogP) is -1.68. The largest absolute Gasteiger partial charge is 0.394 e. The molecule has 22 heavy (non-hydrogen) atoms. The summed E-state index contributed by atoms with van der Waals surface area (Å²) in [5.41, 5.74) is -0.553. The van der Waals surface area contributed by atoms with E-state index in [0.717, 1.165) is 4.57 Å². The van der Waals surface area contributed by atoms with Gasteiger partial charge in [0.2, 0.25) is 5.91 Å². The first-order valence-electron chi connectivity index (χ1n) is 6.91. The Balaban J connectivity index is 2.40. The van der Waals surface area contributed by atoms with Gasteiger partial charge in [0.05, 0.1) is 19.0 Å². The minimum Gasteiger partial charge on any atom is -0.394 e. The van der Waals surface area contributed by atoms with Crippen LogP contribution in [0.2, 0.25) is 0 Å². The van der Waals surface area contributed by atoms with Crippen molar-refractivity contribution in [3.8, 4) is 0 Å². The molecule has 0 aromatic carbocycles. The molecule has 0 aliphatic rings. The number of hydrogen-bond donors (Lipinski definition) is 2. The van der Waals surface area contributed by atoms with Crippen molar-refractivity contribution in [2.45, 2.75) is 25.9 Å². The normalized spacial score (nSPS) is 12.5. The van der Waals surface area contributed by atoms with Crippen molar-refractivity contribution < 1.29 is 9.90 Å². The highest BCUT2D eigenvalue weighted by atomic mass is 16.3. The maximum absolute atomic E-state index is 12.2. The second-order valence-electron chi connectivity index (χ2n) is 5.11. The van der Waals surface area contributed by atoms with Gasteiger partial charge in [-0.05, 0) is 6.42 Å². The summed E-state index contributed by atoms with van der Waals surface area (Å²) in [5.74, 6) is -0.337. The van der Waals surface area contributed by atoms with Gasteiger partial charge in [0.1, 0.15) is 6.54 Å². The van der Waals surface area contributed by atoms with Gasteiger partial charge in [-0.3, -0.25) is 18.7 Å². The number of rotatable bonds is 5. The number of fused-ring (bicyclic) bond motifs is 1. The van der Waals surface area contributed by atoms with Gasteiger partial charge in [0, 0.05) is 14.1 Å². The Morgan fingerprint density at radius 2 is 2.05 bits per heavy atom. The molecule has 1 atom stereocenters. The summed E-state index contributed by atoms with van der Waals surface area (Å²) in [7, 11) is 2.89. The van der Waals surface area contributed by atoms with Crippen molar-refractivity contribution >= 4 is 17.1 Å². The Kier molecular flexibility index (Phi) is 4.45. The number of aromatic nitrogens is 4. The second-order valence-corrected chi connectivity index (χ2v) is 5.11. The molecule has 1 amide bonds. The van der Waals surface area contributed by atoms with Crippen LogP contribution in [0.1, 0.15) is 13.3 Å². The van der Waals surface area contributed by atoms with Crippen molar-refractivity contribution in [2.75, 3.05) is 6.61 Å². The van der Waals surface area contributed by atoms with Crippen LogP contribution in [0.5, 0.6) is 0 Å². The molecule has 9 heteroatoms. The van der Waals surface area contributed by atoms with Crippen LogP contribution in [0.4, 0.5) is 0 Å². The lowest BCUT2D eigenvalue weighted by Gasteiger charge is -2.14. The van der Waals surface area contributed by atoms with E-state index in [4.69, 9.17) is 5.11 Å². The molecule has 2 aromatic rings. The molecule has 0 saturated heterocycles. The average Bonchev–Trinajstić information content (AvgIpc) is 2.92. The van der Waals surface area contributed by atoms with E-state index < -0.39 is 11.2 Å². The van der Waals surface area contributed by atoms with Crippen molar-refractivity contribution in [3.63, 3.8) is 0 Å². The molecule has 0 saturated carbocycles. The van der Waals surface area contributed by atoms with E-state index in [0.29, 0.717) is 6.42 Å². The first-order chi connectivity index (χ1) is 10.4. The molecule has 9 nitrogen and oxygen atoms in total. The lowest BCUT2D eigenvalue weighted by atomic mass is 10.2. The van der Waals surface area contributed by atoms with Crippen LogP contribution < -0.4 is 16.6 Å². The summed E-state index contributed by atoms with van der Waals surface area (Å²) in [5, 5.41) is 11.8. The number of amides is 1. The van der Waals surface area contributed by atoms with Crippen molar-refractivity contribution in [1.29, 1.82) is 0 Å². The summed E-state index contributed by atoms with van der Waals surface area (Å²) < 4.78 is 3.63. The Bertz CT molecular complexity index is 812. The third kappa shape index (κ3) is 2.67. The third-order valence-corrected chi connectivity index (χ3v) is 3.61. The number of aliphatic hydroxyl groups is 1. The molecule has 0 fully saturated rings. The first kappa shape index (κ1) is 16.0. The van der Waals surface area contributed by atoms with Gasteiger partial charge in [-0.2, -0.15) is 0 Å². The lowest BCUT2D eigenvalue weighted by Crippen LogP contribution is -2.40. The molecule has 0 unspecified atom stereocenters. The average molecular weight is 309 g/mol. The SMILES string of the molecule is CC[C@@H](CO)NC(=O)Cn1cnc2c1c(=O)n(C)c(=O)n2C. The predicted molar refractivity (Wildman–Crippen MR) is 79.5 cm³/mol. The van der Waals surface area contributed by atoms with E-state index in [1.54, 1.807) is 0 Å². The zero-order valence-electron chi connectivity index (χ0n) is 12.7. The minimum absolute atomic E-state index is 0.111. The van der Waals surface area contributed by atoms with Gasteiger partial charge in [-0.15, -0.1) is 0 Å². The lowest BCUT2D eigenvalue weighted by molar-refractivity contribution is -0.122. The molecular weight excluding hydrogens is 290 g/mol. The van der Waals surface area contributed by atoms with Gasteiger partial charge in [0.25, 0.3) is 5.56 Å². The zero-order valence-corrected chi connectivity index (χ0v) is 12.7. The zero-order chi connectivity index (χ0) is 16.4. The quantitative estimate of drug-likeness (QED) is 0.685. The standard InChI is InChI=1S/C13H19N5O4/c1-4-8(6-19)15-9(20)5-18-7-14-11-10(18)12(21)17(3)13(22)16(11)2/h7-8,19H,4-6H2,1-3H3,(H,15,20)/t8-/m0/s1. The van der Waals surface area contributed by atoms with Crippen LogP contribution in [-0.4, -0.2) is 42.3 Å². The van der Waals surface area contributed by atoms with Gasteiger partial charge in [0.15, 0.2) is 11.2 Å². The number of carbonyl (C=O) groups excluding carboxylic acids is 1. The van der Waals surface area contributed by atoms with Crippen LogP contribution in [0.3, 0.4) is 0 Å². The fourth-order valence-electron chi connectivity index (χ4n) is 2.22. The summed E-state index contributed by atoms with van der Waals surface area (Å²) in [6.45, 7) is 1.59. The van der Waals surface area contributed by atoms with Crippen molar-refractivity contribution in [3.05, 3.63) is 27.2 Å². The van der Waals surface area contributed by atoms with E-state index in [1.807, 2.05) is 6.92 Å². The summed E-state index contributed by atoms with van der Waals surface area (Å²) in [4.78, 5) is 40.1. The first-order valence-corrected chi connectivity index (χ1v) is 6.91. The Morgan fingerprint density at radius 1 is 1.36 bits per heavy atom. The van der Waals surface area contributed by atoms with Gasteiger partial charge >= 0.3 is 5.69 Å². The number of aliphatic hydroxyl groups excluding tert-OH is 1. The number of hydrogen-bond acceptors (Lipinski definition) is 5. The Morgan fingerprint density at radius 3 is 2.64 bits per heavy atom. The van der Waals surface area contributed by atoms with Crippen LogP contribution in [0.15, 0.2) is 15.9 Å². The number of carbonyl (C=O) groups is 1. The molecular formula is C13H19N5O4. The maximum atomic E-state index is 12.2. The van der Waals surface area contributed by atoms with E-state index in [9.17, 15) is 14.4 Å². The maximum Gasteiger partial charge on any atom is 0.332 e. The van der Waals surface area contributed by atoms with E-state index in [1.165, 1.54) is 29.6 Å². The van der Waals surface area contributed by atoms with Crippen LogP contribution >= 0.6 is 0 Å². The molecule has 2 heterocycles. The van der Waals surface area contributed by atoms with Gasteiger partial charge in [-0.25, -0.2) is 9.78 Å². The molecule has 0 spiro atoms. The molecule has 2 N–H and O–H groups in total. The molecule has 120 valence electrons. The second kappa shape index (κ2) is 6.14. The number of nitrogens with zero attached hydrogens (tertiary/aromatic N) is 4. The fraction of sp³-hybridized carbons (Fsp3) is 0.538. The van der Waals surface area contributed by atoms with Crippen molar-refractivity contribution in [1.82, 2.24) is 24.0 Å². The van der Waals surface area contributed by atoms with E-state index >= 15 is 0 Å². The number of nitrogens with one attached hydrogen (secondary N) is 1. The Labute approximate surface area is 125 Å². The van der Waals surface area contributed by atoms with Crippen molar-refractivity contribution in [2.24, 2.45) is 14.1 Å². The smallest absolute Gasteiger partial charge is 0.332 e. The summed E-state index contributed by atoms with van der Waals surface area (Å²) in [6.07, 6.45) is 1.95. The monoisotopic (exact) mass is 309 g/mol. The highest BCUT2D eigenvalue weighted by Crippen LogP contribution is 2.05. The molecule has 0 bridgehead atoms. The fourth-order valence-corrected chi connectivity index (χ4v) is 2.22. The summed E-state index contributed by atoms with van der Waals surface area (Å²) in [6, 6.07) is -0.325. The highest BCUT2D eigenvalue weighted by Gasteiger charge is 2.16. The summed E-state index contributed by atoms with van der Waals surface area (Å²) >= 11 is 0. The molecule has 2 aromatic heterocycles. The molecule has 2 rings (SSSR count). The van der Waals surface area contributed by atoms with E-state index in [2.05, 4.69) is 10.3 Å². The number of imidazole rings is 1. The molecule has 0 radical (unpaired) electrons. The van der Waals surface area contributed by atoms with Crippen LogP contribution in [0, 0.1) is 0 Å². The van der Waals surface area contributed by atoms with Crippen LogP contribution in [0.25, 0.3) is 11.2 Å².